The van der Waals surface area contributed by atoms with E-state index in [0.29, 0.717) is 4.90 Å². The van der Waals surface area contributed by atoms with Crippen LogP contribution in [0, 0.1) is 0 Å². The lowest BCUT2D eigenvalue weighted by atomic mass is 10.1. The average molecular weight is 304 g/mol. The largest absolute Gasteiger partial charge is 0.310 e. The van der Waals surface area contributed by atoms with Gasteiger partial charge in [-0.2, -0.15) is 0 Å². The number of nitrogens with one attached hydrogen (secondary N) is 1. The highest BCUT2D eigenvalue weighted by molar-refractivity contribution is 9.10. The lowest BCUT2D eigenvalue weighted by molar-refractivity contribution is 0.590. The maximum absolute atomic E-state index is 11.7. The lowest BCUT2D eigenvalue weighted by Gasteiger charge is -2.16. The maximum Gasteiger partial charge on any atom is 0.175 e. The van der Waals surface area contributed by atoms with E-state index in [1.165, 1.54) is 6.26 Å². The fourth-order valence-corrected chi connectivity index (χ4v) is 3.86. The Morgan fingerprint density at radius 1 is 1.44 bits per heavy atom. The fourth-order valence-electron chi connectivity index (χ4n) is 2.11. The highest BCUT2D eigenvalue weighted by Crippen LogP contribution is 2.34. The fraction of sp³-hybridized carbons (Fsp3) is 0.455. The van der Waals surface area contributed by atoms with Crippen molar-refractivity contribution in [2.75, 3.05) is 12.8 Å². The Hall–Kier alpha value is -0.390. The Morgan fingerprint density at radius 2 is 2.19 bits per heavy atom. The average Bonchev–Trinajstić information content (AvgIpc) is 2.68. The molecule has 0 aromatic heterocycles. The number of hydrogen-bond acceptors (Lipinski definition) is 3. The standard InChI is InChI=1S/C11H14BrNO2S/c1-16(14,15)10-6-2-4-8(12)11(10)9-5-3-7-13-9/h2,4,6,9,13H,3,5,7H2,1H3. The zero-order valence-corrected chi connectivity index (χ0v) is 11.4. The summed E-state index contributed by atoms with van der Waals surface area (Å²) in [6, 6.07) is 5.48. The minimum absolute atomic E-state index is 0.153. The van der Waals surface area contributed by atoms with Gasteiger partial charge in [0.25, 0.3) is 0 Å². The van der Waals surface area contributed by atoms with E-state index in [2.05, 4.69) is 21.2 Å². The molecular weight excluding hydrogens is 290 g/mol. The van der Waals surface area contributed by atoms with E-state index < -0.39 is 9.84 Å². The van der Waals surface area contributed by atoms with E-state index in [1.54, 1.807) is 12.1 Å². The Labute approximate surface area is 104 Å². The number of halogens is 1. The topological polar surface area (TPSA) is 46.2 Å². The van der Waals surface area contributed by atoms with E-state index >= 15 is 0 Å². The van der Waals surface area contributed by atoms with Gasteiger partial charge in [-0.1, -0.05) is 22.0 Å². The SMILES string of the molecule is CS(=O)(=O)c1cccc(Br)c1C1CCCN1. The molecular formula is C11H14BrNO2S. The van der Waals surface area contributed by atoms with Crippen LogP contribution in [0.5, 0.6) is 0 Å². The Kier molecular flexibility index (Phi) is 3.37. The zero-order chi connectivity index (χ0) is 11.8. The zero-order valence-electron chi connectivity index (χ0n) is 9.03. The molecule has 1 aromatic rings. The quantitative estimate of drug-likeness (QED) is 0.912. The molecule has 1 heterocycles. The minimum Gasteiger partial charge on any atom is -0.310 e. The van der Waals surface area contributed by atoms with Crippen molar-refractivity contribution in [3.63, 3.8) is 0 Å². The molecule has 2 rings (SSSR count). The predicted octanol–water partition coefficient (Wildman–Crippen LogP) is 2.28. The van der Waals surface area contributed by atoms with Gasteiger partial charge in [-0.15, -0.1) is 0 Å². The van der Waals surface area contributed by atoms with Crippen LogP contribution in [-0.2, 0) is 9.84 Å². The number of benzene rings is 1. The molecule has 1 unspecified atom stereocenters. The van der Waals surface area contributed by atoms with Gasteiger partial charge in [0.05, 0.1) is 4.90 Å². The second-order valence-electron chi connectivity index (χ2n) is 4.07. The molecule has 1 aromatic carbocycles. The van der Waals surface area contributed by atoms with E-state index in [4.69, 9.17) is 0 Å². The van der Waals surface area contributed by atoms with E-state index in [9.17, 15) is 8.42 Å². The van der Waals surface area contributed by atoms with Crippen LogP contribution in [0.25, 0.3) is 0 Å². The van der Waals surface area contributed by atoms with E-state index in [0.717, 1.165) is 29.4 Å². The van der Waals surface area contributed by atoms with Crippen molar-refractivity contribution in [3.05, 3.63) is 28.2 Å². The number of hydrogen-bond donors (Lipinski definition) is 1. The summed E-state index contributed by atoms with van der Waals surface area (Å²) in [6.45, 7) is 0.954. The summed E-state index contributed by atoms with van der Waals surface area (Å²) >= 11 is 3.45. The molecule has 5 heteroatoms. The van der Waals surface area contributed by atoms with Crippen molar-refractivity contribution in [3.8, 4) is 0 Å². The monoisotopic (exact) mass is 303 g/mol. The third-order valence-electron chi connectivity index (χ3n) is 2.82. The molecule has 3 nitrogen and oxygen atoms in total. The highest BCUT2D eigenvalue weighted by Gasteiger charge is 2.25. The smallest absolute Gasteiger partial charge is 0.175 e. The summed E-state index contributed by atoms with van der Waals surface area (Å²) in [6.07, 6.45) is 3.34. The summed E-state index contributed by atoms with van der Waals surface area (Å²) in [7, 11) is -3.16. The van der Waals surface area contributed by atoms with Gasteiger partial charge in [0, 0.05) is 22.3 Å². The van der Waals surface area contributed by atoms with Gasteiger partial charge in [0.2, 0.25) is 0 Å². The van der Waals surface area contributed by atoms with Crippen LogP contribution in [0.15, 0.2) is 27.6 Å². The molecule has 1 N–H and O–H groups in total. The molecule has 0 spiro atoms. The molecule has 1 saturated heterocycles. The van der Waals surface area contributed by atoms with Gasteiger partial charge in [-0.25, -0.2) is 8.42 Å². The first-order valence-corrected chi connectivity index (χ1v) is 7.90. The van der Waals surface area contributed by atoms with Crippen LogP contribution in [0.2, 0.25) is 0 Å². The molecule has 0 bridgehead atoms. The van der Waals surface area contributed by atoms with Crippen molar-refractivity contribution in [2.24, 2.45) is 0 Å². The van der Waals surface area contributed by atoms with Crippen LogP contribution < -0.4 is 5.32 Å². The Bertz CT molecular complexity index is 493. The maximum atomic E-state index is 11.7. The number of sulfone groups is 1. The van der Waals surface area contributed by atoms with E-state index in [-0.39, 0.29) is 6.04 Å². The van der Waals surface area contributed by atoms with Gasteiger partial charge >= 0.3 is 0 Å². The van der Waals surface area contributed by atoms with Crippen molar-refractivity contribution in [2.45, 2.75) is 23.8 Å². The van der Waals surface area contributed by atoms with E-state index in [1.807, 2.05) is 6.07 Å². The van der Waals surface area contributed by atoms with Gasteiger partial charge in [0.1, 0.15) is 0 Å². The van der Waals surface area contributed by atoms with Crippen LogP contribution >= 0.6 is 15.9 Å². The Balaban J connectivity index is 2.57. The molecule has 16 heavy (non-hydrogen) atoms. The first-order chi connectivity index (χ1) is 7.50. The first-order valence-electron chi connectivity index (χ1n) is 5.22. The van der Waals surface area contributed by atoms with Crippen molar-refractivity contribution >= 4 is 25.8 Å². The molecule has 1 atom stereocenters. The minimum atomic E-state index is -3.16. The summed E-state index contributed by atoms with van der Waals surface area (Å²) in [5.41, 5.74) is 0.877. The molecule has 0 saturated carbocycles. The second kappa shape index (κ2) is 4.47. The normalized spacial score (nSPS) is 21.2. The van der Waals surface area contributed by atoms with Crippen molar-refractivity contribution in [1.29, 1.82) is 0 Å². The molecule has 0 amide bonds. The summed E-state index contributed by atoms with van der Waals surface area (Å²) in [5.74, 6) is 0. The van der Waals surface area contributed by atoms with Crippen molar-refractivity contribution in [1.82, 2.24) is 5.32 Å². The van der Waals surface area contributed by atoms with Gasteiger partial charge in [0.15, 0.2) is 9.84 Å². The molecule has 0 aliphatic carbocycles. The summed E-state index contributed by atoms with van der Waals surface area (Å²) < 4.78 is 24.3. The van der Waals surface area contributed by atoms with Crippen LogP contribution in [0.3, 0.4) is 0 Å². The second-order valence-corrected chi connectivity index (χ2v) is 6.91. The predicted molar refractivity (Wildman–Crippen MR) is 67.2 cm³/mol. The summed E-state index contributed by atoms with van der Waals surface area (Å²) in [5, 5.41) is 3.33. The van der Waals surface area contributed by atoms with Crippen LogP contribution in [0.1, 0.15) is 24.4 Å². The molecule has 1 aliphatic rings. The third-order valence-corrected chi connectivity index (χ3v) is 4.67. The Morgan fingerprint density at radius 3 is 2.75 bits per heavy atom. The molecule has 1 aliphatic heterocycles. The molecule has 88 valence electrons. The van der Waals surface area contributed by atoms with Gasteiger partial charge < -0.3 is 5.32 Å². The summed E-state index contributed by atoms with van der Waals surface area (Å²) in [4.78, 5) is 0.432. The molecule has 1 fully saturated rings. The van der Waals surface area contributed by atoms with Gasteiger partial charge in [-0.3, -0.25) is 0 Å². The number of rotatable bonds is 2. The van der Waals surface area contributed by atoms with Crippen LogP contribution in [-0.4, -0.2) is 21.2 Å². The van der Waals surface area contributed by atoms with Crippen molar-refractivity contribution < 1.29 is 8.42 Å². The first kappa shape index (κ1) is 12.1. The van der Waals surface area contributed by atoms with Crippen LogP contribution in [0.4, 0.5) is 0 Å². The third kappa shape index (κ3) is 2.31. The lowest BCUT2D eigenvalue weighted by Crippen LogP contribution is -2.16. The molecule has 0 radical (unpaired) electrons. The highest BCUT2D eigenvalue weighted by atomic mass is 79.9. The van der Waals surface area contributed by atoms with Gasteiger partial charge in [-0.05, 0) is 31.5 Å².